The summed E-state index contributed by atoms with van der Waals surface area (Å²) in [6, 6.07) is 7.30. The number of ether oxygens (including phenoxy) is 3. The summed E-state index contributed by atoms with van der Waals surface area (Å²) in [7, 11) is 3.18. The van der Waals surface area contributed by atoms with Crippen LogP contribution in [0, 0.1) is 6.92 Å². The molecule has 2 aliphatic rings. The lowest BCUT2D eigenvalue weighted by Gasteiger charge is -2.29. The largest absolute Gasteiger partial charge is 0.497 e. The van der Waals surface area contributed by atoms with E-state index < -0.39 is 6.10 Å². The highest BCUT2D eigenvalue weighted by molar-refractivity contribution is 6.07. The van der Waals surface area contributed by atoms with Gasteiger partial charge in [-0.2, -0.15) is 0 Å². The van der Waals surface area contributed by atoms with Crippen LogP contribution in [0.4, 0.5) is 0 Å². The fourth-order valence-corrected chi connectivity index (χ4v) is 4.81. The van der Waals surface area contributed by atoms with Crippen LogP contribution in [0.15, 0.2) is 33.5 Å². The number of methoxy groups -OCH3 is 2. The Kier molecular flexibility index (Phi) is 4.73. The predicted molar refractivity (Wildman–Crippen MR) is 116 cm³/mol. The molecule has 1 aromatic heterocycles. The first-order valence-electron chi connectivity index (χ1n) is 10.5. The number of hydrogen-bond donors (Lipinski definition) is 0. The smallest absolute Gasteiger partial charge is 0.339 e. The summed E-state index contributed by atoms with van der Waals surface area (Å²) in [6.45, 7) is 1.86. The lowest BCUT2D eigenvalue weighted by molar-refractivity contribution is 0.0851. The molecule has 160 valence electrons. The molecule has 6 heteroatoms. The van der Waals surface area contributed by atoms with Crippen molar-refractivity contribution in [1.29, 1.82) is 0 Å². The molecule has 0 radical (unpaired) electrons. The Hall–Kier alpha value is -3.28. The van der Waals surface area contributed by atoms with Crippen molar-refractivity contribution in [3.05, 3.63) is 62.5 Å². The Balaban J connectivity index is 1.72. The van der Waals surface area contributed by atoms with E-state index in [9.17, 15) is 9.59 Å². The number of Topliss-reactive ketones (excluding diaryl/α,β-unsaturated/α-hetero) is 1. The summed E-state index contributed by atoms with van der Waals surface area (Å²) in [5.74, 6) is 1.81. The van der Waals surface area contributed by atoms with Crippen LogP contribution in [-0.4, -0.2) is 20.0 Å². The molecule has 0 N–H and O–H groups in total. The van der Waals surface area contributed by atoms with Crippen LogP contribution in [-0.2, 0) is 12.8 Å². The van der Waals surface area contributed by atoms with Crippen molar-refractivity contribution in [1.82, 2.24) is 0 Å². The van der Waals surface area contributed by atoms with E-state index in [1.165, 1.54) is 0 Å². The number of hydrogen-bond acceptors (Lipinski definition) is 6. The molecule has 0 saturated heterocycles. The molecule has 1 aliphatic carbocycles. The number of fused-ring (bicyclic) bond motifs is 5. The summed E-state index contributed by atoms with van der Waals surface area (Å²) >= 11 is 0. The third kappa shape index (κ3) is 3.17. The number of aryl methyl sites for hydroxylation is 2. The zero-order chi connectivity index (χ0) is 21.7. The summed E-state index contributed by atoms with van der Waals surface area (Å²) in [4.78, 5) is 25.8. The van der Waals surface area contributed by atoms with Gasteiger partial charge in [-0.15, -0.1) is 0 Å². The Labute approximate surface area is 179 Å². The quantitative estimate of drug-likeness (QED) is 0.572. The molecule has 0 spiro atoms. The molecule has 3 aromatic rings. The first-order chi connectivity index (χ1) is 15.0. The first-order valence-corrected chi connectivity index (χ1v) is 10.5. The fourth-order valence-electron chi connectivity index (χ4n) is 4.81. The van der Waals surface area contributed by atoms with Gasteiger partial charge >= 0.3 is 5.63 Å². The topological polar surface area (TPSA) is 75.0 Å². The average molecular weight is 420 g/mol. The van der Waals surface area contributed by atoms with E-state index in [-0.39, 0.29) is 17.8 Å². The Bertz CT molecular complexity index is 1250. The molecule has 6 nitrogen and oxygen atoms in total. The number of benzene rings is 2. The molecule has 2 heterocycles. The summed E-state index contributed by atoms with van der Waals surface area (Å²) in [6.07, 6.45) is 3.17. The Morgan fingerprint density at radius 3 is 2.29 bits per heavy atom. The van der Waals surface area contributed by atoms with E-state index in [0.717, 1.165) is 41.3 Å². The van der Waals surface area contributed by atoms with Gasteiger partial charge in [-0.1, -0.05) is 0 Å². The van der Waals surface area contributed by atoms with Crippen LogP contribution in [0.5, 0.6) is 17.2 Å². The number of carbonyl (C=O) groups excluding carboxylic acids is 1. The van der Waals surface area contributed by atoms with Crippen LogP contribution in [0.3, 0.4) is 0 Å². The van der Waals surface area contributed by atoms with Crippen molar-refractivity contribution in [2.45, 2.75) is 45.1 Å². The lowest BCUT2D eigenvalue weighted by atomic mass is 9.86. The zero-order valence-electron chi connectivity index (χ0n) is 17.9. The van der Waals surface area contributed by atoms with Gasteiger partial charge in [-0.3, -0.25) is 4.79 Å². The summed E-state index contributed by atoms with van der Waals surface area (Å²) in [5, 5.41) is 0.766. The number of rotatable bonds is 3. The molecule has 2 aromatic carbocycles. The van der Waals surface area contributed by atoms with E-state index in [4.69, 9.17) is 18.6 Å². The van der Waals surface area contributed by atoms with E-state index in [0.29, 0.717) is 40.4 Å². The minimum absolute atomic E-state index is 0.0168. The molecule has 0 bridgehead atoms. The predicted octanol–water partition coefficient (Wildman–Crippen LogP) is 4.70. The third-order valence-corrected chi connectivity index (χ3v) is 6.32. The molecule has 0 amide bonds. The normalized spacial score (nSPS) is 17.6. The van der Waals surface area contributed by atoms with E-state index in [1.807, 2.05) is 19.1 Å². The van der Waals surface area contributed by atoms with Crippen molar-refractivity contribution in [2.75, 3.05) is 14.2 Å². The van der Waals surface area contributed by atoms with Gasteiger partial charge in [-0.05, 0) is 61.9 Å². The molecule has 0 fully saturated rings. The van der Waals surface area contributed by atoms with Crippen LogP contribution < -0.4 is 19.8 Å². The van der Waals surface area contributed by atoms with Crippen molar-refractivity contribution in [2.24, 2.45) is 0 Å². The van der Waals surface area contributed by atoms with Gasteiger partial charge in [-0.25, -0.2) is 4.79 Å². The maximum absolute atomic E-state index is 13.2. The van der Waals surface area contributed by atoms with E-state index >= 15 is 0 Å². The highest BCUT2D eigenvalue weighted by atomic mass is 16.5. The molecule has 0 unspecified atom stereocenters. The van der Waals surface area contributed by atoms with Crippen molar-refractivity contribution in [3.8, 4) is 17.2 Å². The molecule has 1 aliphatic heterocycles. The highest BCUT2D eigenvalue weighted by Crippen LogP contribution is 2.44. The van der Waals surface area contributed by atoms with Gasteiger partial charge in [0.15, 0.2) is 5.78 Å². The van der Waals surface area contributed by atoms with Crippen LogP contribution in [0.2, 0.25) is 0 Å². The second kappa shape index (κ2) is 7.45. The van der Waals surface area contributed by atoms with Gasteiger partial charge in [0, 0.05) is 17.2 Å². The molecular formula is C25H24O6. The van der Waals surface area contributed by atoms with Gasteiger partial charge in [0.2, 0.25) is 0 Å². The van der Waals surface area contributed by atoms with Gasteiger partial charge in [0.25, 0.3) is 0 Å². The van der Waals surface area contributed by atoms with E-state index in [1.54, 1.807) is 26.4 Å². The number of ketones is 1. The summed E-state index contributed by atoms with van der Waals surface area (Å²) < 4.78 is 22.9. The van der Waals surface area contributed by atoms with Crippen molar-refractivity contribution >= 4 is 16.8 Å². The summed E-state index contributed by atoms with van der Waals surface area (Å²) in [5.41, 5.74) is 4.03. The molecular weight excluding hydrogens is 396 g/mol. The SMILES string of the molecule is COc1cc(OC)cc([C@@H]2CC(=O)c3c(C)cc4oc(=O)c5c(c4c3O2)CCCC5)c1. The van der Waals surface area contributed by atoms with Gasteiger partial charge in [0.1, 0.15) is 28.9 Å². The highest BCUT2D eigenvalue weighted by Gasteiger charge is 2.33. The molecule has 0 saturated carbocycles. The maximum Gasteiger partial charge on any atom is 0.339 e. The average Bonchev–Trinajstić information content (AvgIpc) is 2.78. The Morgan fingerprint density at radius 2 is 1.61 bits per heavy atom. The number of carbonyl (C=O) groups is 1. The Morgan fingerprint density at radius 1 is 0.935 bits per heavy atom. The van der Waals surface area contributed by atoms with Gasteiger partial charge in [0.05, 0.1) is 31.6 Å². The minimum Gasteiger partial charge on any atom is -0.497 e. The van der Waals surface area contributed by atoms with E-state index in [2.05, 4.69) is 0 Å². The fraction of sp³-hybridized carbons (Fsp3) is 0.360. The minimum atomic E-state index is -0.486. The molecule has 1 atom stereocenters. The first kappa shape index (κ1) is 19.7. The van der Waals surface area contributed by atoms with Crippen LogP contribution >= 0.6 is 0 Å². The molecule has 5 rings (SSSR count). The van der Waals surface area contributed by atoms with Crippen molar-refractivity contribution in [3.63, 3.8) is 0 Å². The zero-order valence-corrected chi connectivity index (χ0v) is 17.9. The third-order valence-electron chi connectivity index (χ3n) is 6.32. The van der Waals surface area contributed by atoms with Crippen LogP contribution in [0.25, 0.3) is 11.0 Å². The monoisotopic (exact) mass is 420 g/mol. The second-order valence-electron chi connectivity index (χ2n) is 8.20. The molecule has 31 heavy (non-hydrogen) atoms. The second-order valence-corrected chi connectivity index (χ2v) is 8.20. The standard InChI is InChI=1S/C25H24O6/c1-13-8-21-23(17-6-4-5-7-18(17)25(27)31-21)24-22(13)19(26)12-20(30-24)14-9-15(28-2)11-16(10-14)29-3/h8-11,20H,4-7,12H2,1-3H3/t20-/m0/s1. The van der Waals surface area contributed by atoms with Crippen molar-refractivity contribution < 1.29 is 23.4 Å². The van der Waals surface area contributed by atoms with Crippen LogP contribution in [0.1, 0.15) is 58.0 Å². The lowest BCUT2D eigenvalue weighted by Crippen LogP contribution is -2.23. The van der Waals surface area contributed by atoms with Gasteiger partial charge < -0.3 is 18.6 Å². The maximum atomic E-state index is 13.2.